The van der Waals surface area contributed by atoms with Gasteiger partial charge >= 0.3 is 0 Å². The lowest BCUT2D eigenvalue weighted by Crippen LogP contribution is -2.59. The number of amides is 1. The maximum atomic E-state index is 13.0. The molecule has 134 valence electrons. The normalized spacial score (nSPS) is 21.1. The summed E-state index contributed by atoms with van der Waals surface area (Å²) in [6, 6.07) is 0. The van der Waals surface area contributed by atoms with E-state index in [2.05, 4.69) is 15.4 Å². The van der Waals surface area contributed by atoms with Crippen LogP contribution in [0.2, 0.25) is 0 Å². The van der Waals surface area contributed by atoms with Gasteiger partial charge in [-0.2, -0.15) is 0 Å². The number of rotatable bonds is 6. The smallest absolute Gasteiger partial charge is 0.240 e. The molecule has 0 bridgehead atoms. The first-order chi connectivity index (χ1) is 11.6. The summed E-state index contributed by atoms with van der Waals surface area (Å²) < 4.78 is 5.21. The lowest BCUT2D eigenvalue weighted by molar-refractivity contribution is -0.135. The van der Waals surface area contributed by atoms with Crippen LogP contribution < -0.4 is 5.32 Å². The summed E-state index contributed by atoms with van der Waals surface area (Å²) in [7, 11) is 0. The van der Waals surface area contributed by atoms with Gasteiger partial charge in [-0.15, -0.1) is 0 Å². The number of nitrogens with zero attached hydrogens (tertiary/aromatic N) is 2. The molecule has 1 aromatic rings. The van der Waals surface area contributed by atoms with E-state index >= 15 is 0 Å². The Kier molecular flexibility index (Phi) is 5.59. The number of aromatic nitrogens is 1. The number of carbonyl (C=O) groups excluding carboxylic acids is 1. The molecule has 0 spiro atoms. The minimum Gasteiger partial charge on any atom is -0.361 e. The zero-order valence-corrected chi connectivity index (χ0v) is 15.2. The number of carbonyl (C=O) groups is 1. The SMILES string of the molecule is Cc1noc(C)c1CCCNC(=O)C1(N2CCCC2)CCCCC1. The Hall–Kier alpha value is -1.36. The summed E-state index contributed by atoms with van der Waals surface area (Å²) in [4.78, 5) is 15.5. The van der Waals surface area contributed by atoms with Crippen LogP contribution >= 0.6 is 0 Å². The second-order valence-electron chi connectivity index (χ2n) is 7.45. The molecule has 24 heavy (non-hydrogen) atoms. The van der Waals surface area contributed by atoms with Gasteiger partial charge in [-0.05, 0) is 65.5 Å². The number of nitrogens with one attached hydrogen (secondary N) is 1. The molecule has 1 N–H and O–H groups in total. The fraction of sp³-hybridized carbons (Fsp3) is 0.789. The number of aryl methyl sites for hydroxylation is 2. The molecule has 1 saturated carbocycles. The summed E-state index contributed by atoms with van der Waals surface area (Å²) in [5.74, 6) is 1.17. The summed E-state index contributed by atoms with van der Waals surface area (Å²) in [6.07, 6.45) is 10.0. The third kappa shape index (κ3) is 3.51. The van der Waals surface area contributed by atoms with Gasteiger partial charge < -0.3 is 9.84 Å². The maximum Gasteiger partial charge on any atom is 0.240 e. The van der Waals surface area contributed by atoms with E-state index in [0.717, 1.165) is 56.8 Å². The van der Waals surface area contributed by atoms with Crippen molar-refractivity contribution in [3.63, 3.8) is 0 Å². The predicted molar refractivity (Wildman–Crippen MR) is 93.9 cm³/mol. The first-order valence-electron chi connectivity index (χ1n) is 9.58. The highest BCUT2D eigenvalue weighted by Gasteiger charge is 2.45. The first kappa shape index (κ1) is 17.5. The monoisotopic (exact) mass is 333 g/mol. The maximum absolute atomic E-state index is 13.0. The van der Waals surface area contributed by atoms with E-state index in [1.807, 2.05) is 13.8 Å². The molecule has 2 heterocycles. The van der Waals surface area contributed by atoms with Gasteiger partial charge in [0.1, 0.15) is 11.3 Å². The standard InChI is InChI=1S/C19H31N3O2/c1-15-17(16(2)24-21-15)9-8-12-20-18(23)19(10-4-3-5-11-19)22-13-6-7-14-22/h3-14H2,1-2H3,(H,20,23). The second kappa shape index (κ2) is 7.68. The Morgan fingerprint density at radius 3 is 2.50 bits per heavy atom. The van der Waals surface area contributed by atoms with Crippen LogP contribution in [0.3, 0.4) is 0 Å². The Morgan fingerprint density at radius 1 is 1.17 bits per heavy atom. The number of likely N-dealkylation sites (tertiary alicyclic amines) is 1. The third-order valence-electron chi connectivity index (χ3n) is 5.89. The Labute approximate surface area is 145 Å². The second-order valence-corrected chi connectivity index (χ2v) is 7.45. The summed E-state index contributed by atoms with van der Waals surface area (Å²) in [6.45, 7) is 6.85. The van der Waals surface area contributed by atoms with E-state index in [-0.39, 0.29) is 11.4 Å². The highest BCUT2D eigenvalue weighted by Crippen LogP contribution is 2.36. The summed E-state index contributed by atoms with van der Waals surface area (Å²) in [5.41, 5.74) is 1.94. The largest absolute Gasteiger partial charge is 0.361 e. The van der Waals surface area contributed by atoms with Crippen molar-refractivity contribution in [2.45, 2.75) is 77.2 Å². The van der Waals surface area contributed by atoms with E-state index in [1.165, 1.54) is 37.7 Å². The lowest BCUT2D eigenvalue weighted by Gasteiger charge is -2.43. The van der Waals surface area contributed by atoms with Crippen molar-refractivity contribution in [2.75, 3.05) is 19.6 Å². The van der Waals surface area contributed by atoms with E-state index in [4.69, 9.17) is 4.52 Å². The van der Waals surface area contributed by atoms with Crippen LogP contribution in [0.5, 0.6) is 0 Å². The Morgan fingerprint density at radius 2 is 1.88 bits per heavy atom. The van der Waals surface area contributed by atoms with Gasteiger partial charge in [-0.1, -0.05) is 24.4 Å². The van der Waals surface area contributed by atoms with E-state index in [9.17, 15) is 4.79 Å². The minimum atomic E-state index is -0.224. The van der Waals surface area contributed by atoms with Gasteiger partial charge in [0.2, 0.25) is 5.91 Å². The molecular weight excluding hydrogens is 302 g/mol. The van der Waals surface area contributed by atoms with Crippen molar-refractivity contribution in [3.8, 4) is 0 Å². The van der Waals surface area contributed by atoms with Crippen LogP contribution in [-0.2, 0) is 11.2 Å². The lowest BCUT2D eigenvalue weighted by atomic mass is 9.79. The topological polar surface area (TPSA) is 58.4 Å². The predicted octanol–water partition coefficient (Wildman–Crippen LogP) is 3.14. The molecule has 2 aliphatic rings. The minimum absolute atomic E-state index is 0.224. The Bertz CT molecular complexity index is 535. The van der Waals surface area contributed by atoms with Gasteiger partial charge in [-0.25, -0.2) is 0 Å². The molecule has 0 aromatic carbocycles. The first-order valence-corrected chi connectivity index (χ1v) is 9.58. The van der Waals surface area contributed by atoms with Crippen LogP contribution in [0.15, 0.2) is 4.52 Å². The number of hydrogen-bond donors (Lipinski definition) is 1. The van der Waals surface area contributed by atoms with Crippen molar-refractivity contribution < 1.29 is 9.32 Å². The molecule has 1 aliphatic carbocycles. The summed E-state index contributed by atoms with van der Waals surface area (Å²) >= 11 is 0. The summed E-state index contributed by atoms with van der Waals surface area (Å²) in [5, 5.41) is 7.24. The molecule has 1 aromatic heterocycles. The molecule has 0 atom stereocenters. The molecule has 0 unspecified atom stereocenters. The molecule has 1 amide bonds. The van der Waals surface area contributed by atoms with Crippen LogP contribution in [0.1, 0.15) is 68.4 Å². The quantitative estimate of drug-likeness (QED) is 0.813. The highest BCUT2D eigenvalue weighted by molar-refractivity contribution is 5.86. The fourth-order valence-corrected chi connectivity index (χ4v) is 4.46. The molecule has 5 nitrogen and oxygen atoms in total. The number of hydrogen-bond acceptors (Lipinski definition) is 4. The molecule has 1 aliphatic heterocycles. The zero-order chi connectivity index (χ0) is 17.0. The average molecular weight is 333 g/mol. The van der Waals surface area contributed by atoms with Crippen molar-refractivity contribution >= 4 is 5.91 Å². The van der Waals surface area contributed by atoms with E-state index in [0.29, 0.717) is 0 Å². The van der Waals surface area contributed by atoms with Gasteiger partial charge in [0.15, 0.2) is 0 Å². The van der Waals surface area contributed by atoms with Gasteiger partial charge in [-0.3, -0.25) is 9.69 Å². The average Bonchev–Trinajstić information content (AvgIpc) is 3.24. The van der Waals surface area contributed by atoms with Crippen molar-refractivity contribution in [2.24, 2.45) is 0 Å². The molecule has 2 fully saturated rings. The molecule has 1 saturated heterocycles. The molecule has 3 rings (SSSR count). The van der Waals surface area contributed by atoms with E-state index < -0.39 is 0 Å². The van der Waals surface area contributed by atoms with E-state index in [1.54, 1.807) is 0 Å². The van der Waals surface area contributed by atoms with Gasteiger partial charge in [0.05, 0.1) is 5.69 Å². The van der Waals surface area contributed by atoms with Gasteiger partial charge in [0.25, 0.3) is 0 Å². The van der Waals surface area contributed by atoms with Crippen LogP contribution in [0.25, 0.3) is 0 Å². The van der Waals surface area contributed by atoms with Crippen LogP contribution in [0, 0.1) is 13.8 Å². The molecule has 0 radical (unpaired) electrons. The zero-order valence-electron chi connectivity index (χ0n) is 15.2. The Balaban J connectivity index is 1.54. The third-order valence-corrected chi connectivity index (χ3v) is 5.89. The van der Waals surface area contributed by atoms with Gasteiger partial charge in [0, 0.05) is 12.1 Å². The van der Waals surface area contributed by atoms with Crippen molar-refractivity contribution in [3.05, 3.63) is 17.0 Å². The molecule has 5 heteroatoms. The molecular formula is C19H31N3O2. The fourth-order valence-electron chi connectivity index (χ4n) is 4.46. The van der Waals surface area contributed by atoms with Crippen molar-refractivity contribution in [1.82, 2.24) is 15.4 Å². The highest BCUT2D eigenvalue weighted by atomic mass is 16.5. The van der Waals surface area contributed by atoms with Crippen LogP contribution in [0.4, 0.5) is 0 Å². The van der Waals surface area contributed by atoms with Crippen LogP contribution in [-0.4, -0.2) is 41.1 Å². The van der Waals surface area contributed by atoms with Crippen molar-refractivity contribution in [1.29, 1.82) is 0 Å².